The fourth-order valence-corrected chi connectivity index (χ4v) is 4.25. The molecule has 1 aromatic heterocycles. The molecule has 0 saturated heterocycles. The van der Waals surface area contributed by atoms with Crippen LogP contribution in [0.2, 0.25) is 5.02 Å². The molecule has 7 heteroatoms. The van der Waals surface area contributed by atoms with Gasteiger partial charge in [0, 0.05) is 10.6 Å². The summed E-state index contributed by atoms with van der Waals surface area (Å²) < 4.78 is 2.55. The maximum absolute atomic E-state index is 12.6. The van der Waals surface area contributed by atoms with Gasteiger partial charge in [-0.2, -0.15) is 4.99 Å². The Morgan fingerprint density at radius 2 is 2.00 bits per heavy atom. The molecule has 140 valence electrons. The molecule has 1 N–H and O–H groups in total. The van der Waals surface area contributed by atoms with E-state index in [4.69, 9.17) is 11.6 Å². The topological polar surface area (TPSA) is 71.7 Å². The summed E-state index contributed by atoms with van der Waals surface area (Å²) in [6.07, 6.45) is 1.26. The van der Waals surface area contributed by atoms with Crippen LogP contribution in [0.5, 0.6) is 0 Å². The molecule has 3 aromatic rings. The Morgan fingerprint density at radius 3 is 2.63 bits per heavy atom. The third kappa shape index (κ3) is 3.96. The van der Waals surface area contributed by atoms with E-state index in [0.717, 1.165) is 22.2 Å². The molecular formula is C20H19ClN2O3S. The van der Waals surface area contributed by atoms with Gasteiger partial charge in [-0.3, -0.25) is 4.79 Å². The number of fused-ring (bicyclic) bond motifs is 1. The van der Waals surface area contributed by atoms with Crippen LogP contribution in [0.15, 0.2) is 47.5 Å². The number of hydrogen-bond donors (Lipinski definition) is 1. The first-order chi connectivity index (χ1) is 12.9. The van der Waals surface area contributed by atoms with Gasteiger partial charge in [0.15, 0.2) is 4.80 Å². The highest BCUT2D eigenvalue weighted by atomic mass is 35.5. The van der Waals surface area contributed by atoms with Crippen molar-refractivity contribution in [1.82, 2.24) is 4.57 Å². The quantitative estimate of drug-likeness (QED) is 0.672. The molecule has 5 nitrogen and oxygen atoms in total. The number of amides is 1. The van der Waals surface area contributed by atoms with E-state index < -0.39 is 17.9 Å². The fraction of sp³-hybridized carbons (Fsp3) is 0.250. The molecule has 3 rings (SSSR count). The molecule has 0 spiro atoms. The van der Waals surface area contributed by atoms with E-state index in [1.807, 2.05) is 18.2 Å². The van der Waals surface area contributed by atoms with E-state index in [1.165, 1.54) is 11.3 Å². The van der Waals surface area contributed by atoms with Crippen LogP contribution in [-0.2, 0) is 11.2 Å². The van der Waals surface area contributed by atoms with Gasteiger partial charge >= 0.3 is 5.97 Å². The predicted molar refractivity (Wildman–Crippen MR) is 108 cm³/mol. The SMILES string of the molecule is CCc1ccc2c(c1)sc(=NC(=O)c1cccc(Cl)c1)n2C(CC)C(=O)O. The molecule has 1 atom stereocenters. The van der Waals surface area contributed by atoms with Crippen molar-refractivity contribution in [1.29, 1.82) is 0 Å². The smallest absolute Gasteiger partial charge is 0.326 e. The first-order valence-corrected chi connectivity index (χ1v) is 9.85. The minimum absolute atomic E-state index is 0.365. The molecule has 0 aliphatic heterocycles. The lowest BCUT2D eigenvalue weighted by Gasteiger charge is -2.13. The van der Waals surface area contributed by atoms with Gasteiger partial charge in [0.05, 0.1) is 10.2 Å². The van der Waals surface area contributed by atoms with Gasteiger partial charge in [-0.1, -0.05) is 48.9 Å². The maximum Gasteiger partial charge on any atom is 0.326 e. The van der Waals surface area contributed by atoms with E-state index >= 15 is 0 Å². The van der Waals surface area contributed by atoms with Gasteiger partial charge in [-0.05, 0) is 48.7 Å². The molecular weight excluding hydrogens is 384 g/mol. The Balaban J connectivity index is 2.23. The van der Waals surface area contributed by atoms with Crippen LogP contribution in [0.1, 0.15) is 42.2 Å². The summed E-state index contributed by atoms with van der Waals surface area (Å²) in [5.41, 5.74) is 2.28. The van der Waals surface area contributed by atoms with Gasteiger partial charge in [-0.25, -0.2) is 4.79 Å². The number of rotatable bonds is 5. The monoisotopic (exact) mass is 402 g/mol. The van der Waals surface area contributed by atoms with Crippen molar-refractivity contribution in [2.45, 2.75) is 32.7 Å². The normalized spacial score (nSPS) is 13.1. The van der Waals surface area contributed by atoms with E-state index in [1.54, 1.807) is 35.8 Å². The fourth-order valence-electron chi connectivity index (χ4n) is 2.93. The summed E-state index contributed by atoms with van der Waals surface area (Å²) >= 11 is 7.28. The third-order valence-corrected chi connectivity index (χ3v) is 5.60. The second-order valence-electron chi connectivity index (χ2n) is 6.10. The zero-order valence-corrected chi connectivity index (χ0v) is 16.5. The van der Waals surface area contributed by atoms with Gasteiger partial charge < -0.3 is 9.67 Å². The Kier molecular flexibility index (Phi) is 5.77. The zero-order chi connectivity index (χ0) is 19.6. The minimum atomic E-state index is -0.951. The van der Waals surface area contributed by atoms with Crippen molar-refractivity contribution < 1.29 is 14.7 Å². The molecule has 0 bridgehead atoms. The van der Waals surface area contributed by atoms with E-state index in [9.17, 15) is 14.7 Å². The van der Waals surface area contributed by atoms with Crippen LogP contribution in [0.3, 0.4) is 0 Å². The number of thiazole rings is 1. The highest BCUT2D eigenvalue weighted by Gasteiger charge is 2.22. The summed E-state index contributed by atoms with van der Waals surface area (Å²) in [7, 11) is 0. The van der Waals surface area contributed by atoms with Crippen LogP contribution in [-0.4, -0.2) is 21.6 Å². The second-order valence-corrected chi connectivity index (χ2v) is 7.55. The van der Waals surface area contributed by atoms with Crippen molar-refractivity contribution in [2.75, 3.05) is 0 Å². The van der Waals surface area contributed by atoms with Crippen LogP contribution in [0.25, 0.3) is 10.2 Å². The Bertz CT molecular complexity index is 1080. The molecule has 0 fully saturated rings. The molecule has 0 saturated carbocycles. The number of carboxylic acid groups (broad SMARTS) is 1. The van der Waals surface area contributed by atoms with Crippen LogP contribution >= 0.6 is 22.9 Å². The number of aliphatic carboxylic acids is 1. The van der Waals surface area contributed by atoms with Gasteiger partial charge in [-0.15, -0.1) is 0 Å². The van der Waals surface area contributed by atoms with Crippen molar-refractivity contribution in [3.8, 4) is 0 Å². The maximum atomic E-state index is 12.6. The predicted octanol–water partition coefficient (Wildman–Crippen LogP) is 4.70. The van der Waals surface area contributed by atoms with Gasteiger partial charge in [0.25, 0.3) is 5.91 Å². The van der Waals surface area contributed by atoms with Gasteiger partial charge in [0.1, 0.15) is 6.04 Å². The third-order valence-electron chi connectivity index (χ3n) is 4.35. The molecule has 0 radical (unpaired) electrons. The number of nitrogens with zero attached hydrogens (tertiary/aromatic N) is 2. The number of carboxylic acids is 1. The van der Waals surface area contributed by atoms with Crippen molar-refractivity contribution in [3.63, 3.8) is 0 Å². The zero-order valence-electron chi connectivity index (χ0n) is 15.0. The highest BCUT2D eigenvalue weighted by Crippen LogP contribution is 2.24. The first-order valence-electron chi connectivity index (χ1n) is 8.66. The summed E-state index contributed by atoms with van der Waals surface area (Å²) in [4.78, 5) is 29.0. The van der Waals surface area contributed by atoms with E-state index in [0.29, 0.717) is 21.8 Å². The average Bonchev–Trinajstić information content (AvgIpc) is 2.99. The lowest BCUT2D eigenvalue weighted by atomic mass is 10.1. The lowest BCUT2D eigenvalue weighted by Crippen LogP contribution is -2.27. The standard InChI is InChI=1S/C20H19ClN2O3S/c1-3-12-8-9-16-17(10-12)27-20(23(16)15(4-2)19(25)26)22-18(24)13-6-5-7-14(21)11-13/h5-11,15H,3-4H2,1-2H3,(H,25,26). The van der Waals surface area contributed by atoms with Crippen molar-refractivity contribution in [3.05, 3.63) is 63.4 Å². The van der Waals surface area contributed by atoms with Crippen LogP contribution in [0, 0.1) is 0 Å². The Hall–Kier alpha value is -2.44. The van der Waals surface area contributed by atoms with Crippen molar-refractivity contribution >= 4 is 45.0 Å². The first kappa shape index (κ1) is 19.3. The molecule has 2 aromatic carbocycles. The molecule has 0 aliphatic rings. The number of aromatic nitrogens is 1. The molecule has 0 aliphatic carbocycles. The number of carbonyl (C=O) groups excluding carboxylic acids is 1. The van der Waals surface area contributed by atoms with Crippen molar-refractivity contribution in [2.24, 2.45) is 4.99 Å². The molecule has 1 unspecified atom stereocenters. The van der Waals surface area contributed by atoms with Gasteiger partial charge in [0.2, 0.25) is 0 Å². The summed E-state index contributed by atoms with van der Waals surface area (Å²) in [6.45, 7) is 3.86. The minimum Gasteiger partial charge on any atom is -0.480 e. The highest BCUT2D eigenvalue weighted by molar-refractivity contribution is 7.16. The Labute approximate surface area is 165 Å². The number of carbonyl (C=O) groups is 2. The molecule has 1 heterocycles. The van der Waals surface area contributed by atoms with Crippen LogP contribution in [0.4, 0.5) is 0 Å². The number of halogens is 1. The number of hydrogen-bond acceptors (Lipinski definition) is 3. The number of aryl methyl sites for hydroxylation is 1. The second kappa shape index (κ2) is 8.06. The summed E-state index contributed by atoms with van der Waals surface area (Å²) in [5, 5.41) is 10.1. The largest absolute Gasteiger partial charge is 0.480 e. The number of benzene rings is 2. The molecule has 1 amide bonds. The van der Waals surface area contributed by atoms with E-state index in [-0.39, 0.29) is 0 Å². The van der Waals surface area contributed by atoms with E-state index in [2.05, 4.69) is 11.9 Å². The summed E-state index contributed by atoms with van der Waals surface area (Å²) in [5.74, 6) is -1.40. The van der Waals surface area contributed by atoms with Crippen LogP contribution < -0.4 is 4.80 Å². The summed E-state index contributed by atoms with van der Waals surface area (Å²) in [6, 6.07) is 11.7. The molecule has 27 heavy (non-hydrogen) atoms. The Morgan fingerprint density at radius 1 is 1.22 bits per heavy atom. The average molecular weight is 403 g/mol. The lowest BCUT2D eigenvalue weighted by molar-refractivity contribution is -0.140.